The lowest BCUT2D eigenvalue weighted by atomic mass is 10.0. The summed E-state index contributed by atoms with van der Waals surface area (Å²) in [4.78, 5) is 41.8. The van der Waals surface area contributed by atoms with E-state index in [-0.39, 0.29) is 23.6 Å². The molecule has 1 saturated heterocycles. The Morgan fingerprint density at radius 3 is 2.37 bits per heavy atom. The molecule has 7 nitrogen and oxygen atoms in total. The minimum absolute atomic E-state index is 0.0354. The Hall–Kier alpha value is -3.10. The predicted octanol–water partition coefficient (Wildman–Crippen LogP) is 6.50. The van der Waals surface area contributed by atoms with Crippen LogP contribution < -0.4 is 4.90 Å². The number of carbonyl (C=O) groups excluding carboxylic acids is 2. The number of thioether (sulfide) groups is 1. The molecule has 0 N–H and O–H groups in total. The largest absolute Gasteiger partial charge is 0.353 e. The van der Waals surface area contributed by atoms with Crippen molar-refractivity contribution in [3.05, 3.63) is 83.0 Å². The minimum Gasteiger partial charge on any atom is -0.353 e. The molecule has 2 heterocycles. The molecule has 1 aliphatic carbocycles. The third-order valence-corrected chi connectivity index (χ3v) is 9.61. The number of hydrogen-bond donors (Lipinski definition) is 0. The number of aromatic nitrogens is 2. The highest BCUT2D eigenvalue weighted by molar-refractivity contribution is 7.99. The normalized spacial score (nSPS) is 17.3. The monoisotopic (exact) mass is 619 g/mol. The summed E-state index contributed by atoms with van der Waals surface area (Å²) in [6.07, 6.45) is 7.62. The van der Waals surface area contributed by atoms with Gasteiger partial charge in [0.05, 0.1) is 5.75 Å². The van der Waals surface area contributed by atoms with E-state index in [1.54, 1.807) is 6.07 Å². The lowest BCUT2D eigenvalue weighted by molar-refractivity contribution is -0.134. The summed E-state index contributed by atoms with van der Waals surface area (Å²) in [5, 5.41) is 0.842. The van der Waals surface area contributed by atoms with Crippen LogP contribution in [0.25, 0.3) is 0 Å². The fourth-order valence-electron chi connectivity index (χ4n) is 6.14. The van der Waals surface area contributed by atoms with Crippen LogP contribution in [0.2, 0.25) is 5.15 Å². The number of piperazine rings is 1. The molecule has 1 atom stereocenters. The summed E-state index contributed by atoms with van der Waals surface area (Å²) in [6.45, 7) is 5.34. The summed E-state index contributed by atoms with van der Waals surface area (Å²) in [7, 11) is 0. The standard InChI is InChI=1S/C34H42ClN5O2S/c1-26-23-38(20-21-40(26)32(41)17-16-27-12-8-9-13-27)31-22-30(35)36-34(37-31)43-25-33(42)39(24-29-14-6-3-7-15-29)19-18-28-10-4-2-5-11-28/h2-7,10-11,14-15,22,26-27H,8-9,12-13,16-21,23-25H2,1H3. The highest BCUT2D eigenvalue weighted by Gasteiger charge is 2.29. The second-order valence-corrected chi connectivity index (χ2v) is 13.1. The molecular weight excluding hydrogens is 578 g/mol. The van der Waals surface area contributed by atoms with Crippen LogP contribution in [0.5, 0.6) is 0 Å². The van der Waals surface area contributed by atoms with E-state index >= 15 is 0 Å². The fraction of sp³-hybridized carbons (Fsp3) is 0.471. The summed E-state index contributed by atoms with van der Waals surface area (Å²) >= 11 is 7.76. The molecule has 1 saturated carbocycles. The van der Waals surface area contributed by atoms with Crippen LogP contribution in [0.1, 0.15) is 56.6 Å². The van der Waals surface area contributed by atoms with Gasteiger partial charge in [-0.3, -0.25) is 9.59 Å². The Morgan fingerprint density at radius 1 is 0.977 bits per heavy atom. The van der Waals surface area contributed by atoms with E-state index in [1.165, 1.54) is 43.0 Å². The van der Waals surface area contributed by atoms with Crippen molar-refractivity contribution in [2.45, 2.75) is 69.6 Å². The number of benzene rings is 2. The average molecular weight is 620 g/mol. The molecule has 5 rings (SSSR count). The second-order valence-electron chi connectivity index (χ2n) is 11.7. The first kappa shape index (κ1) is 31.3. The first-order chi connectivity index (χ1) is 20.9. The number of amides is 2. The number of halogens is 1. The van der Waals surface area contributed by atoms with Gasteiger partial charge in [-0.25, -0.2) is 9.97 Å². The fourth-order valence-corrected chi connectivity index (χ4v) is 7.12. The van der Waals surface area contributed by atoms with E-state index < -0.39 is 0 Å². The van der Waals surface area contributed by atoms with E-state index in [4.69, 9.17) is 16.6 Å². The van der Waals surface area contributed by atoms with Crippen LogP contribution in [0.15, 0.2) is 71.9 Å². The number of anilines is 1. The molecule has 1 unspecified atom stereocenters. The van der Waals surface area contributed by atoms with Gasteiger partial charge in [0.2, 0.25) is 11.8 Å². The van der Waals surface area contributed by atoms with Crippen molar-refractivity contribution >= 4 is 41.0 Å². The van der Waals surface area contributed by atoms with Crippen LogP contribution in [0, 0.1) is 5.92 Å². The van der Waals surface area contributed by atoms with Crippen LogP contribution in [-0.4, -0.2) is 69.6 Å². The second kappa shape index (κ2) is 15.6. The van der Waals surface area contributed by atoms with Gasteiger partial charge in [-0.1, -0.05) is 110 Å². The summed E-state index contributed by atoms with van der Waals surface area (Å²) in [5.41, 5.74) is 2.30. The zero-order valence-corrected chi connectivity index (χ0v) is 26.6. The van der Waals surface area contributed by atoms with Gasteiger partial charge in [-0.05, 0) is 36.8 Å². The number of carbonyl (C=O) groups is 2. The topological polar surface area (TPSA) is 69.6 Å². The average Bonchev–Trinajstić information content (AvgIpc) is 3.55. The molecule has 2 fully saturated rings. The van der Waals surface area contributed by atoms with Gasteiger partial charge in [0, 0.05) is 51.3 Å². The van der Waals surface area contributed by atoms with E-state index in [0.29, 0.717) is 49.5 Å². The molecule has 9 heteroatoms. The molecule has 0 bridgehead atoms. The lowest BCUT2D eigenvalue weighted by Crippen LogP contribution is -2.54. The van der Waals surface area contributed by atoms with Gasteiger partial charge in [-0.2, -0.15) is 0 Å². The third kappa shape index (κ3) is 9.19. The molecule has 3 aromatic rings. The maximum Gasteiger partial charge on any atom is 0.233 e. The number of hydrogen-bond acceptors (Lipinski definition) is 6. The Balaban J connectivity index is 1.17. The van der Waals surface area contributed by atoms with E-state index in [0.717, 1.165) is 30.1 Å². The van der Waals surface area contributed by atoms with Gasteiger partial charge in [0.15, 0.2) is 5.16 Å². The summed E-state index contributed by atoms with van der Waals surface area (Å²) in [5.74, 6) is 1.99. The molecule has 2 amide bonds. The Morgan fingerprint density at radius 2 is 1.67 bits per heavy atom. The number of rotatable bonds is 12. The smallest absolute Gasteiger partial charge is 0.233 e. The van der Waals surface area contributed by atoms with Crippen molar-refractivity contribution in [2.24, 2.45) is 5.92 Å². The van der Waals surface area contributed by atoms with Gasteiger partial charge in [-0.15, -0.1) is 0 Å². The zero-order chi connectivity index (χ0) is 30.0. The number of nitrogens with zero attached hydrogens (tertiary/aromatic N) is 5. The SMILES string of the molecule is CC1CN(c2cc(Cl)nc(SCC(=O)N(CCc3ccccc3)Cc3ccccc3)n2)CCN1C(=O)CCC1CCCC1. The maximum absolute atomic E-state index is 13.5. The van der Waals surface area contributed by atoms with Gasteiger partial charge in [0.1, 0.15) is 11.0 Å². The first-order valence-corrected chi connectivity index (χ1v) is 16.9. The van der Waals surface area contributed by atoms with Crippen molar-refractivity contribution in [1.29, 1.82) is 0 Å². The van der Waals surface area contributed by atoms with Crippen LogP contribution in [-0.2, 0) is 22.6 Å². The molecule has 43 heavy (non-hydrogen) atoms. The van der Waals surface area contributed by atoms with Crippen molar-refractivity contribution < 1.29 is 9.59 Å². The van der Waals surface area contributed by atoms with Crippen molar-refractivity contribution in [1.82, 2.24) is 19.8 Å². The van der Waals surface area contributed by atoms with Gasteiger partial charge in [0.25, 0.3) is 0 Å². The summed E-state index contributed by atoms with van der Waals surface area (Å²) < 4.78 is 0. The highest BCUT2D eigenvalue weighted by atomic mass is 35.5. The first-order valence-electron chi connectivity index (χ1n) is 15.5. The third-order valence-electron chi connectivity index (χ3n) is 8.58. The molecule has 228 valence electrons. The molecular formula is C34H42ClN5O2S. The molecule has 0 spiro atoms. The van der Waals surface area contributed by atoms with Crippen LogP contribution >= 0.6 is 23.4 Å². The Kier molecular flexibility index (Phi) is 11.3. The van der Waals surface area contributed by atoms with Gasteiger partial charge >= 0.3 is 0 Å². The lowest BCUT2D eigenvalue weighted by Gasteiger charge is -2.40. The van der Waals surface area contributed by atoms with E-state index in [2.05, 4.69) is 28.9 Å². The van der Waals surface area contributed by atoms with Crippen LogP contribution in [0.4, 0.5) is 5.82 Å². The van der Waals surface area contributed by atoms with Crippen LogP contribution in [0.3, 0.4) is 0 Å². The Labute approximate surface area is 265 Å². The molecule has 2 aromatic carbocycles. The Bertz CT molecular complexity index is 1340. The molecule has 1 aliphatic heterocycles. The maximum atomic E-state index is 13.5. The quantitative estimate of drug-likeness (QED) is 0.131. The summed E-state index contributed by atoms with van der Waals surface area (Å²) in [6, 6.07) is 22.2. The highest BCUT2D eigenvalue weighted by Crippen LogP contribution is 2.29. The zero-order valence-electron chi connectivity index (χ0n) is 25.0. The minimum atomic E-state index is 0.0354. The predicted molar refractivity (Wildman–Crippen MR) is 174 cm³/mol. The van der Waals surface area contributed by atoms with Crippen molar-refractivity contribution in [3.8, 4) is 0 Å². The molecule has 2 aliphatic rings. The van der Waals surface area contributed by atoms with Crippen molar-refractivity contribution in [3.63, 3.8) is 0 Å². The molecule has 1 aromatic heterocycles. The van der Waals surface area contributed by atoms with Crippen molar-refractivity contribution in [2.75, 3.05) is 36.8 Å². The van der Waals surface area contributed by atoms with E-state index in [1.807, 2.05) is 58.3 Å². The molecule has 0 radical (unpaired) electrons. The van der Waals surface area contributed by atoms with E-state index in [9.17, 15) is 9.59 Å². The van der Waals surface area contributed by atoms with Gasteiger partial charge < -0.3 is 14.7 Å².